The molecule has 0 aliphatic rings. The third-order valence-corrected chi connectivity index (χ3v) is 0.835. The molecule has 0 aliphatic carbocycles. The van der Waals surface area contributed by atoms with Crippen LogP contribution < -0.4 is 11.3 Å². The van der Waals surface area contributed by atoms with Gasteiger partial charge in [-0.3, -0.25) is 9.59 Å². The quantitative estimate of drug-likeness (QED) is 0.438. The summed E-state index contributed by atoms with van der Waals surface area (Å²) in [6, 6.07) is -1.53. The van der Waals surface area contributed by atoms with Crippen molar-refractivity contribution >= 4 is 11.9 Å². The number of halogens is 1. The predicted octanol–water partition coefficient (Wildman–Crippen LogP) is -1.21. The summed E-state index contributed by atoms with van der Waals surface area (Å²) in [6.07, 6.45) is -0.550. The van der Waals surface area contributed by atoms with Crippen LogP contribution in [0.3, 0.4) is 0 Å². The molecule has 0 rings (SSSR count). The van der Waals surface area contributed by atoms with Crippen molar-refractivity contribution in [3.8, 4) is 0 Å². The molecule has 58 valence electrons. The Hall–Kier alpha value is -1.17. The van der Waals surface area contributed by atoms with Crippen LogP contribution in [0.4, 0.5) is 4.48 Å². The molecule has 0 aromatic carbocycles. The van der Waals surface area contributed by atoms with Gasteiger partial charge in [-0.05, 0) is 0 Å². The molecule has 0 radical (unpaired) electrons. The number of amides is 1. The summed E-state index contributed by atoms with van der Waals surface area (Å²) in [7, 11) is 0. The minimum atomic E-state index is -1.53. The fourth-order valence-electron chi connectivity index (χ4n) is 0.374. The first-order valence-corrected chi connectivity index (χ1v) is 2.45. The van der Waals surface area contributed by atoms with Gasteiger partial charge in [0.05, 0.1) is 6.42 Å². The Balaban J connectivity index is 3.83. The highest BCUT2D eigenvalue weighted by Gasteiger charge is 2.18. The van der Waals surface area contributed by atoms with Crippen LogP contribution in [0.2, 0.25) is 0 Å². The van der Waals surface area contributed by atoms with Crippen LogP contribution in [0.15, 0.2) is 0 Å². The van der Waals surface area contributed by atoms with Gasteiger partial charge < -0.3 is 10.8 Å². The summed E-state index contributed by atoms with van der Waals surface area (Å²) in [5.41, 5.74) is 5.53. The molecule has 0 heterocycles. The Morgan fingerprint density at radius 3 is 2.30 bits per heavy atom. The standard InChI is InChI=1S/C4H7FN2O3/c5-7-2(4(9)10)1-3(6)8/h2,7H,1H2,(H2,6,8)(H,9,10)/t2-/m0/s1. The number of rotatable bonds is 4. The largest absolute Gasteiger partial charge is 0.480 e. The number of hydrogen-bond acceptors (Lipinski definition) is 3. The second-order valence-electron chi connectivity index (χ2n) is 1.67. The van der Waals surface area contributed by atoms with Crippen LogP contribution in [0.5, 0.6) is 0 Å². The molecule has 0 bridgehead atoms. The van der Waals surface area contributed by atoms with E-state index in [0.29, 0.717) is 0 Å². The van der Waals surface area contributed by atoms with E-state index in [2.05, 4.69) is 5.73 Å². The molecule has 0 aliphatic heterocycles. The Morgan fingerprint density at radius 1 is 1.70 bits per heavy atom. The zero-order chi connectivity index (χ0) is 8.15. The fraction of sp³-hybridized carbons (Fsp3) is 0.500. The lowest BCUT2D eigenvalue weighted by molar-refractivity contribution is -0.142. The lowest BCUT2D eigenvalue weighted by Gasteiger charge is -2.03. The Morgan fingerprint density at radius 2 is 2.20 bits per heavy atom. The Labute approximate surface area is 55.9 Å². The van der Waals surface area contributed by atoms with Gasteiger partial charge in [-0.15, -0.1) is 10.0 Å². The molecule has 0 spiro atoms. The number of nitrogens with one attached hydrogen (secondary N) is 1. The number of carboxylic acid groups (broad SMARTS) is 1. The van der Waals surface area contributed by atoms with Gasteiger partial charge in [0.1, 0.15) is 6.04 Å². The van der Waals surface area contributed by atoms with E-state index >= 15 is 0 Å². The summed E-state index contributed by atoms with van der Waals surface area (Å²) in [5.74, 6) is -2.31. The first kappa shape index (κ1) is 8.83. The first-order valence-electron chi connectivity index (χ1n) is 2.45. The van der Waals surface area contributed by atoms with Crippen molar-refractivity contribution in [3.05, 3.63) is 0 Å². The molecule has 4 N–H and O–H groups in total. The molecule has 5 nitrogen and oxygen atoms in total. The molecule has 1 atom stereocenters. The van der Waals surface area contributed by atoms with E-state index in [9.17, 15) is 14.1 Å². The van der Waals surface area contributed by atoms with E-state index in [-0.39, 0.29) is 0 Å². The zero-order valence-electron chi connectivity index (χ0n) is 5.00. The first-order chi connectivity index (χ1) is 4.57. The summed E-state index contributed by atoms with van der Waals surface area (Å²) in [5, 5.41) is 8.11. The fourth-order valence-corrected chi connectivity index (χ4v) is 0.374. The summed E-state index contributed by atoms with van der Waals surface area (Å²) >= 11 is 0. The van der Waals surface area contributed by atoms with Crippen LogP contribution in [0.25, 0.3) is 0 Å². The van der Waals surface area contributed by atoms with E-state index in [1.54, 1.807) is 0 Å². The maximum absolute atomic E-state index is 11.4. The van der Waals surface area contributed by atoms with Gasteiger partial charge in [0, 0.05) is 0 Å². The normalized spacial score (nSPS) is 12.5. The number of carboxylic acids is 1. The highest BCUT2D eigenvalue weighted by molar-refractivity contribution is 5.83. The van der Waals surface area contributed by atoms with Crippen molar-refractivity contribution in [1.82, 2.24) is 5.54 Å². The molecule has 0 aromatic heterocycles. The van der Waals surface area contributed by atoms with Crippen LogP contribution >= 0.6 is 0 Å². The van der Waals surface area contributed by atoms with Gasteiger partial charge in [0.15, 0.2) is 0 Å². The van der Waals surface area contributed by atoms with E-state index in [0.717, 1.165) is 5.54 Å². The molecule has 10 heavy (non-hydrogen) atoms. The average Bonchev–Trinajstić information content (AvgIpc) is 1.81. The second-order valence-corrected chi connectivity index (χ2v) is 1.67. The minimum Gasteiger partial charge on any atom is -0.480 e. The summed E-state index contributed by atoms with van der Waals surface area (Å²) < 4.78 is 11.4. The zero-order valence-corrected chi connectivity index (χ0v) is 5.00. The number of carbonyl (C=O) groups is 2. The summed E-state index contributed by atoms with van der Waals surface area (Å²) in [6.45, 7) is 0. The molecule has 0 unspecified atom stereocenters. The predicted molar refractivity (Wildman–Crippen MR) is 29.5 cm³/mol. The van der Waals surface area contributed by atoms with E-state index in [1.165, 1.54) is 0 Å². The van der Waals surface area contributed by atoms with Gasteiger partial charge in [-0.25, -0.2) is 0 Å². The van der Waals surface area contributed by atoms with Crippen LogP contribution in [-0.4, -0.2) is 23.0 Å². The average molecular weight is 150 g/mol. The van der Waals surface area contributed by atoms with E-state index in [4.69, 9.17) is 5.11 Å². The van der Waals surface area contributed by atoms with E-state index in [1.807, 2.05) is 0 Å². The number of hydrogen-bond donors (Lipinski definition) is 3. The molecule has 6 heteroatoms. The third kappa shape index (κ3) is 2.98. The minimum absolute atomic E-state index is 0.550. The van der Waals surface area contributed by atoms with Gasteiger partial charge in [-0.2, -0.15) is 0 Å². The van der Waals surface area contributed by atoms with Crippen molar-refractivity contribution < 1.29 is 19.2 Å². The lowest BCUT2D eigenvalue weighted by Crippen LogP contribution is -2.35. The number of nitrogens with two attached hydrogens (primary N) is 1. The SMILES string of the molecule is NC(=O)C[C@H](NF)C(=O)O. The Bertz CT molecular complexity index is 149. The van der Waals surface area contributed by atoms with Gasteiger partial charge in [0.25, 0.3) is 0 Å². The molecule has 0 fully saturated rings. The lowest BCUT2D eigenvalue weighted by atomic mass is 10.2. The monoisotopic (exact) mass is 150 g/mol. The van der Waals surface area contributed by atoms with Gasteiger partial charge >= 0.3 is 5.97 Å². The van der Waals surface area contributed by atoms with Crippen LogP contribution in [-0.2, 0) is 9.59 Å². The number of primary amides is 1. The third-order valence-electron chi connectivity index (χ3n) is 0.835. The van der Waals surface area contributed by atoms with Crippen molar-refractivity contribution in [2.45, 2.75) is 12.5 Å². The van der Waals surface area contributed by atoms with Crippen molar-refractivity contribution in [2.24, 2.45) is 5.73 Å². The molecule has 0 saturated carbocycles. The maximum atomic E-state index is 11.4. The highest BCUT2D eigenvalue weighted by atomic mass is 19.2. The number of carbonyl (C=O) groups excluding carboxylic acids is 1. The smallest absolute Gasteiger partial charge is 0.323 e. The van der Waals surface area contributed by atoms with Gasteiger partial charge in [0.2, 0.25) is 5.91 Å². The van der Waals surface area contributed by atoms with E-state index < -0.39 is 24.3 Å². The van der Waals surface area contributed by atoms with Crippen molar-refractivity contribution in [2.75, 3.05) is 0 Å². The van der Waals surface area contributed by atoms with Crippen molar-refractivity contribution in [3.63, 3.8) is 0 Å². The molecule has 0 aromatic rings. The molecule has 0 saturated heterocycles. The Kier molecular flexibility index (Phi) is 3.34. The summed E-state index contributed by atoms with van der Waals surface area (Å²) in [4.78, 5) is 20.0. The van der Waals surface area contributed by atoms with Crippen LogP contribution in [0, 0.1) is 0 Å². The second kappa shape index (κ2) is 3.78. The van der Waals surface area contributed by atoms with Crippen molar-refractivity contribution in [1.29, 1.82) is 0 Å². The topological polar surface area (TPSA) is 92.4 Å². The molecule has 1 amide bonds. The maximum Gasteiger partial charge on any atom is 0.323 e. The van der Waals surface area contributed by atoms with Gasteiger partial charge in [-0.1, -0.05) is 0 Å². The molecular weight excluding hydrogens is 143 g/mol. The number of aliphatic carboxylic acids is 1. The van der Waals surface area contributed by atoms with Crippen LogP contribution in [0.1, 0.15) is 6.42 Å². The highest BCUT2D eigenvalue weighted by Crippen LogP contribution is 1.90. The molecular formula is C4H7FN2O3.